The molecule has 21 heavy (non-hydrogen) atoms. The predicted octanol–water partition coefficient (Wildman–Crippen LogP) is 4.04. The van der Waals surface area contributed by atoms with E-state index in [1.54, 1.807) is 0 Å². The lowest BCUT2D eigenvalue weighted by atomic mass is 9.98. The highest BCUT2D eigenvalue weighted by atomic mass is 15.1. The van der Waals surface area contributed by atoms with Crippen molar-refractivity contribution in [2.45, 2.75) is 25.8 Å². The molecule has 0 fully saturated rings. The first kappa shape index (κ1) is 15.6. The van der Waals surface area contributed by atoms with Gasteiger partial charge < -0.3 is 10.2 Å². The van der Waals surface area contributed by atoms with Crippen LogP contribution in [0.1, 0.15) is 30.4 Å². The lowest BCUT2D eigenvalue weighted by molar-refractivity contribution is 0.594. The SMILES string of the molecule is CC(CCNCc1ccc(N(C)C)cc1)c1ccccc1. The Hall–Kier alpha value is -1.80. The lowest BCUT2D eigenvalue weighted by Crippen LogP contribution is -2.16. The third kappa shape index (κ3) is 4.91. The van der Waals surface area contributed by atoms with Crippen LogP contribution in [0.3, 0.4) is 0 Å². The van der Waals surface area contributed by atoms with Crippen molar-refractivity contribution in [1.29, 1.82) is 0 Å². The highest BCUT2D eigenvalue weighted by Gasteiger charge is 2.04. The van der Waals surface area contributed by atoms with Gasteiger partial charge in [-0.1, -0.05) is 49.4 Å². The van der Waals surface area contributed by atoms with E-state index in [1.165, 1.54) is 23.2 Å². The summed E-state index contributed by atoms with van der Waals surface area (Å²) in [6.07, 6.45) is 1.17. The second-order valence-corrected chi connectivity index (χ2v) is 5.84. The minimum atomic E-state index is 0.606. The first-order valence-electron chi connectivity index (χ1n) is 7.69. The van der Waals surface area contributed by atoms with Crippen molar-refractivity contribution in [2.75, 3.05) is 25.5 Å². The number of nitrogens with one attached hydrogen (secondary N) is 1. The van der Waals surface area contributed by atoms with Crippen LogP contribution in [0.15, 0.2) is 54.6 Å². The van der Waals surface area contributed by atoms with Gasteiger partial charge in [0.05, 0.1) is 0 Å². The van der Waals surface area contributed by atoms with Gasteiger partial charge in [-0.05, 0) is 42.1 Å². The smallest absolute Gasteiger partial charge is 0.0361 e. The van der Waals surface area contributed by atoms with Gasteiger partial charge in [-0.15, -0.1) is 0 Å². The van der Waals surface area contributed by atoms with Crippen LogP contribution in [0, 0.1) is 0 Å². The Morgan fingerprint density at radius 3 is 2.24 bits per heavy atom. The van der Waals surface area contributed by atoms with E-state index in [9.17, 15) is 0 Å². The Morgan fingerprint density at radius 2 is 1.62 bits per heavy atom. The monoisotopic (exact) mass is 282 g/mol. The zero-order chi connectivity index (χ0) is 15.1. The van der Waals surface area contributed by atoms with Crippen LogP contribution in [0.2, 0.25) is 0 Å². The van der Waals surface area contributed by atoms with Crippen LogP contribution in [0.4, 0.5) is 5.69 Å². The summed E-state index contributed by atoms with van der Waals surface area (Å²) in [5, 5.41) is 3.54. The van der Waals surface area contributed by atoms with Crippen molar-refractivity contribution < 1.29 is 0 Å². The minimum absolute atomic E-state index is 0.606. The minimum Gasteiger partial charge on any atom is -0.378 e. The van der Waals surface area contributed by atoms with Gasteiger partial charge in [-0.25, -0.2) is 0 Å². The molecule has 0 aliphatic carbocycles. The summed E-state index contributed by atoms with van der Waals surface area (Å²) in [6.45, 7) is 4.28. The summed E-state index contributed by atoms with van der Waals surface area (Å²) in [5.41, 5.74) is 4.01. The van der Waals surface area contributed by atoms with Gasteiger partial charge in [0.1, 0.15) is 0 Å². The highest BCUT2D eigenvalue weighted by molar-refractivity contribution is 5.45. The third-order valence-electron chi connectivity index (χ3n) is 3.90. The van der Waals surface area contributed by atoms with E-state index in [-0.39, 0.29) is 0 Å². The molecule has 0 saturated carbocycles. The van der Waals surface area contributed by atoms with E-state index >= 15 is 0 Å². The normalized spacial score (nSPS) is 12.1. The van der Waals surface area contributed by atoms with E-state index in [4.69, 9.17) is 0 Å². The van der Waals surface area contributed by atoms with E-state index in [2.05, 4.69) is 85.8 Å². The first-order chi connectivity index (χ1) is 10.2. The van der Waals surface area contributed by atoms with Gasteiger partial charge >= 0.3 is 0 Å². The molecular formula is C19H26N2. The Morgan fingerprint density at radius 1 is 0.952 bits per heavy atom. The average Bonchev–Trinajstić information content (AvgIpc) is 2.52. The molecule has 2 nitrogen and oxygen atoms in total. The Kier molecular flexibility index (Phi) is 5.82. The van der Waals surface area contributed by atoms with Crippen LogP contribution >= 0.6 is 0 Å². The lowest BCUT2D eigenvalue weighted by Gasteiger charge is -2.14. The van der Waals surface area contributed by atoms with Crippen LogP contribution in [0.5, 0.6) is 0 Å². The topological polar surface area (TPSA) is 15.3 Å². The molecule has 0 aromatic heterocycles. The maximum atomic E-state index is 3.54. The molecule has 2 rings (SSSR count). The molecule has 2 heteroatoms. The van der Waals surface area contributed by atoms with Crippen molar-refractivity contribution in [3.05, 3.63) is 65.7 Å². The maximum absolute atomic E-state index is 3.54. The largest absolute Gasteiger partial charge is 0.378 e. The van der Waals surface area contributed by atoms with Crippen LogP contribution in [0.25, 0.3) is 0 Å². The molecule has 0 amide bonds. The number of nitrogens with zero attached hydrogens (tertiary/aromatic N) is 1. The maximum Gasteiger partial charge on any atom is 0.0361 e. The van der Waals surface area contributed by atoms with Gasteiger partial charge in [0, 0.05) is 26.3 Å². The van der Waals surface area contributed by atoms with Gasteiger partial charge in [0.25, 0.3) is 0 Å². The molecule has 0 saturated heterocycles. The van der Waals surface area contributed by atoms with Crippen molar-refractivity contribution in [1.82, 2.24) is 5.32 Å². The molecule has 1 N–H and O–H groups in total. The van der Waals surface area contributed by atoms with E-state index < -0.39 is 0 Å². The quantitative estimate of drug-likeness (QED) is 0.771. The predicted molar refractivity (Wildman–Crippen MR) is 91.9 cm³/mol. The molecule has 0 aliphatic rings. The number of benzene rings is 2. The Balaban J connectivity index is 1.72. The summed E-state index contributed by atoms with van der Waals surface area (Å²) in [6, 6.07) is 19.5. The molecule has 0 aliphatic heterocycles. The number of rotatable bonds is 7. The van der Waals surface area contributed by atoms with Crippen LogP contribution < -0.4 is 10.2 Å². The molecule has 0 radical (unpaired) electrons. The van der Waals surface area contributed by atoms with Crippen molar-refractivity contribution in [3.63, 3.8) is 0 Å². The number of hydrogen-bond donors (Lipinski definition) is 1. The standard InChI is InChI=1S/C19H26N2/c1-16(18-7-5-4-6-8-18)13-14-20-15-17-9-11-19(12-10-17)21(2)3/h4-12,16,20H,13-15H2,1-3H3. The summed E-state index contributed by atoms with van der Waals surface area (Å²) in [4.78, 5) is 2.12. The second kappa shape index (κ2) is 7.84. The van der Waals surface area contributed by atoms with Crippen LogP contribution in [-0.2, 0) is 6.54 Å². The second-order valence-electron chi connectivity index (χ2n) is 5.84. The molecule has 0 heterocycles. The first-order valence-corrected chi connectivity index (χ1v) is 7.69. The fourth-order valence-electron chi connectivity index (χ4n) is 2.41. The summed E-state index contributed by atoms with van der Waals surface area (Å²) in [5.74, 6) is 0.606. The fourth-order valence-corrected chi connectivity index (χ4v) is 2.41. The van der Waals surface area contributed by atoms with Crippen LogP contribution in [-0.4, -0.2) is 20.6 Å². The van der Waals surface area contributed by atoms with Gasteiger partial charge in [-0.3, -0.25) is 0 Å². The van der Waals surface area contributed by atoms with Crippen molar-refractivity contribution in [3.8, 4) is 0 Å². The van der Waals surface area contributed by atoms with E-state index in [1.807, 2.05) is 0 Å². The molecule has 0 bridgehead atoms. The molecular weight excluding hydrogens is 256 g/mol. The third-order valence-corrected chi connectivity index (χ3v) is 3.90. The highest BCUT2D eigenvalue weighted by Crippen LogP contribution is 2.17. The zero-order valence-electron chi connectivity index (χ0n) is 13.3. The van der Waals surface area contributed by atoms with Gasteiger partial charge in [-0.2, -0.15) is 0 Å². The molecule has 2 aromatic carbocycles. The molecule has 1 unspecified atom stereocenters. The summed E-state index contributed by atoms with van der Waals surface area (Å²) >= 11 is 0. The Bertz CT molecular complexity index is 517. The number of hydrogen-bond acceptors (Lipinski definition) is 2. The number of anilines is 1. The Labute approximate surface area is 128 Å². The summed E-state index contributed by atoms with van der Waals surface area (Å²) < 4.78 is 0. The molecule has 1 atom stereocenters. The molecule has 112 valence electrons. The average molecular weight is 282 g/mol. The molecule has 2 aromatic rings. The van der Waals surface area contributed by atoms with E-state index in [0.29, 0.717) is 5.92 Å². The van der Waals surface area contributed by atoms with Gasteiger partial charge in [0.15, 0.2) is 0 Å². The van der Waals surface area contributed by atoms with Gasteiger partial charge in [0.2, 0.25) is 0 Å². The zero-order valence-corrected chi connectivity index (χ0v) is 13.3. The van der Waals surface area contributed by atoms with E-state index in [0.717, 1.165) is 13.1 Å². The fraction of sp³-hybridized carbons (Fsp3) is 0.368. The van der Waals surface area contributed by atoms with Crippen molar-refractivity contribution >= 4 is 5.69 Å². The summed E-state index contributed by atoms with van der Waals surface area (Å²) in [7, 11) is 4.14. The molecule has 0 spiro atoms. The van der Waals surface area contributed by atoms with Crippen molar-refractivity contribution in [2.24, 2.45) is 0 Å².